The van der Waals surface area contributed by atoms with Crippen molar-refractivity contribution in [3.05, 3.63) is 89.7 Å². The van der Waals surface area contributed by atoms with Crippen LogP contribution in [0.3, 0.4) is 0 Å². The van der Waals surface area contributed by atoms with E-state index in [1.54, 1.807) is 20.4 Å². The zero-order chi connectivity index (χ0) is 21.2. The summed E-state index contributed by atoms with van der Waals surface area (Å²) in [6, 6.07) is 21.4. The lowest BCUT2D eigenvalue weighted by atomic mass is 10.0. The van der Waals surface area contributed by atoms with E-state index in [1.165, 1.54) is 0 Å². The number of methoxy groups -OCH3 is 2. The fourth-order valence-electron chi connectivity index (χ4n) is 3.23. The SMILES string of the molecule is COc1ccc(CCNC(=O)CNC(c2ccccc2)c2ccccn2)cc1OC. The molecule has 1 aromatic heterocycles. The van der Waals surface area contributed by atoms with Crippen LogP contribution >= 0.6 is 0 Å². The van der Waals surface area contributed by atoms with Gasteiger partial charge in [-0.2, -0.15) is 0 Å². The third kappa shape index (κ3) is 5.81. The van der Waals surface area contributed by atoms with E-state index in [4.69, 9.17) is 9.47 Å². The molecule has 3 aromatic rings. The molecule has 0 bridgehead atoms. The Morgan fingerprint density at radius 1 is 0.967 bits per heavy atom. The van der Waals surface area contributed by atoms with Gasteiger partial charge in [0.15, 0.2) is 11.5 Å². The largest absolute Gasteiger partial charge is 0.493 e. The second-order valence-electron chi connectivity index (χ2n) is 6.77. The summed E-state index contributed by atoms with van der Waals surface area (Å²) in [6.45, 7) is 0.734. The van der Waals surface area contributed by atoms with Gasteiger partial charge in [-0.3, -0.25) is 15.1 Å². The third-order valence-electron chi connectivity index (χ3n) is 4.77. The molecule has 30 heavy (non-hydrogen) atoms. The molecule has 3 rings (SSSR count). The minimum Gasteiger partial charge on any atom is -0.493 e. The standard InChI is InChI=1S/C24H27N3O3/c1-29-21-12-11-18(16-22(21)30-2)13-15-26-23(28)17-27-24(19-8-4-3-5-9-19)20-10-6-7-14-25-20/h3-12,14,16,24,27H,13,15,17H2,1-2H3,(H,26,28). The van der Waals surface area contributed by atoms with Crippen molar-refractivity contribution < 1.29 is 14.3 Å². The minimum absolute atomic E-state index is 0.0626. The first-order valence-electron chi connectivity index (χ1n) is 9.88. The Balaban J connectivity index is 1.54. The molecule has 1 heterocycles. The normalized spacial score (nSPS) is 11.5. The first kappa shape index (κ1) is 21.3. The van der Waals surface area contributed by atoms with Crippen LogP contribution in [0.15, 0.2) is 72.9 Å². The fraction of sp³-hybridized carbons (Fsp3) is 0.250. The Kier molecular flexibility index (Phi) is 7.80. The molecule has 2 N–H and O–H groups in total. The maximum Gasteiger partial charge on any atom is 0.233 e. The van der Waals surface area contributed by atoms with Crippen molar-refractivity contribution >= 4 is 5.91 Å². The average molecular weight is 405 g/mol. The lowest BCUT2D eigenvalue weighted by molar-refractivity contribution is -0.120. The third-order valence-corrected chi connectivity index (χ3v) is 4.77. The molecular weight excluding hydrogens is 378 g/mol. The number of hydrogen-bond donors (Lipinski definition) is 2. The Labute approximate surface area is 177 Å². The zero-order valence-electron chi connectivity index (χ0n) is 17.3. The van der Waals surface area contributed by atoms with Crippen LogP contribution in [-0.2, 0) is 11.2 Å². The van der Waals surface area contributed by atoms with E-state index in [-0.39, 0.29) is 18.5 Å². The summed E-state index contributed by atoms with van der Waals surface area (Å²) in [7, 11) is 3.22. The lowest BCUT2D eigenvalue weighted by Gasteiger charge is -2.18. The second kappa shape index (κ2) is 11.0. The van der Waals surface area contributed by atoms with Gasteiger partial charge >= 0.3 is 0 Å². The van der Waals surface area contributed by atoms with E-state index in [2.05, 4.69) is 15.6 Å². The van der Waals surface area contributed by atoms with Crippen molar-refractivity contribution in [2.45, 2.75) is 12.5 Å². The van der Waals surface area contributed by atoms with Crippen molar-refractivity contribution in [3.63, 3.8) is 0 Å². The molecule has 1 atom stereocenters. The van der Waals surface area contributed by atoms with Crippen molar-refractivity contribution in [1.29, 1.82) is 0 Å². The number of carbonyl (C=O) groups is 1. The number of pyridine rings is 1. The maximum absolute atomic E-state index is 12.4. The Hall–Kier alpha value is -3.38. The molecule has 0 aliphatic rings. The number of rotatable bonds is 10. The van der Waals surface area contributed by atoms with Crippen LogP contribution in [0.25, 0.3) is 0 Å². The number of benzene rings is 2. The number of nitrogens with one attached hydrogen (secondary N) is 2. The molecule has 1 unspecified atom stereocenters. The van der Waals surface area contributed by atoms with Gasteiger partial charge in [-0.1, -0.05) is 42.5 Å². The number of nitrogens with zero attached hydrogens (tertiary/aromatic N) is 1. The summed E-state index contributed by atoms with van der Waals surface area (Å²) >= 11 is 0. The van der Waals surface area contributed by atoms with E-state index in [9.17, 15) is 4.79 Å². The minimum atomic E-state index is -0.149. The van der Waals surface area contributed by atoms with Gasteiger partial charge in [0.1, 0.15) is 0 Å². The number of hydrogen-bond acceptors (Lipinski definition) is 5. The summed E-state index contributed by atoms with van der Waals surface area (Å²) in [5.74, 6) is 1.31. The molecule has 2 aromatic carbocycles. The Morgan fingerprint density at radius 2 is 1.73 bits per heavy atom. The molecule has 0 fully saturated rings. The molecule has 1 amide bonds. The first-order valence-corrected chi connectivity index (χ1v) is 9.88. The molecule has 0 saturated carbocycles. The van der Waals surface area contributed by atoms with Crippen LogP contribution in [0.5, 0.6) is 11.5 Å². The molecule has 0 aliphatic heterocycles. The highest BCUT2D eigenvalue weighted by atomic mass is 16.5. The Bertz CT molecular complexity index is 893. The Morgan fingerprint density at radius 3 is 2.43 bits per heavy atom. The summed E-state index contributed by atoms with van der Waals surface area (Å²) in [6.07, 6.45) is 2.46. The lowest BCUT2D eigenvalue weighted by Crippen LogP contribution is -2.37. The second-order valence-corrected chi connectivity index (χ2v) is 6.77. The topological polar surface area (TPSA) is 72.5 Å². The van der Waals surface area contributed by atoms with Gasteiger partial charge in [-0.05, 0) is 41.8 Å². The molecule has 0 saturated heterocycles. The van der Waals surface area contributed by atoms with Gasteiger partial charge in [0.25, 0.3) is 0 Å². The molecular formula is C24H27N3O3. The molecule has 0 spiro atoms. The number of carbonyl (C=O) groups excluding carboxylic acids is 1. The highest BCUT2D eigenvalue weighted by molar-refractivity contribution is 5.78. The number of ether oxygens (including phenoxy) is 2. The van der Waals surface area contributed by atoms with Crippen LogP contribution in [0.4, 0.5) is 0 Å². The van der Waals surface area contributed by atoms with Gasteiger partial charge in [0.05, 0.1) is 32.5 Å². The van der Waals surface area contributed by atoms with Gasteiger partial charge in [0, 0.05) is 12.7 Å². The van der Waals surface area contributed by atoms with Crippen molar-refractivity contribution in [2.24, 2.45) is 0 Å². The zero-order valence-corrected chi connectivity index (χ0v) is 17.3. The van der Waals surface area contributed by atoms with E-state index < -0.39 is 0 Å². The number of aromatic nitrogens is 1. The summed E-state index contributed by atoms with van der Waals surface area (Å²) in [5.41, 5.74) is 3.01. The molecule has 0 aliphatic carbocycles. The van der Waals surface area contributed by atoms with Crippen LogP contribution < -0.4 is 20.1 Å². The maximum atomic E-state index is 12.4. The van der Waals surface area contributed by atoms with E-state index >= 15 is 0 Å². The predicted octanol–water partition coefficient (Wildman–Crippen LogP) is 3.14. The van der Waals surface area contributed by atoms with E-state index in [0.29, 0.717) is 24.5 Å². The highest BCUT2D eigenvalue weighted by Crippen LogP contribution is 2.27. The summed E-state index contributed by atoms with van der Waals surface area (Å²) in [5, 5.41) is 6.28. The van der Waals surface area contributed by atoms with Gasteiger partial charge in [-0.15, -0.1) is 0 Å². The van der Waals surface area contributed by atoms with Crippen LogP contribution in [0, 0.1) is 0 Å². The quantitative estimate of drug-likeness (QED) is 0.542. The van der Waals surface area contributed by atoms with E-state index in [0.717, 1.165) is 16.8 Å². The smallest absolute Gasteiger partial charge is 0.233 e. The molecule has 0 radical (unpaired) electrons. The number of amides is 1. The van der Waals surface area contributed by atoms with Crippen molar-refractivity contribution in [1.82, 2.24) is 15.6 Å². The molecule has 156 valence electrons. The van der Waals surface area contributed by atoms with Gasteiger partial charge in [-0.25, -0.2) is 0 Å². The van der Waals surface area contributed by atoms with Crippen molar-refractivity contribution in [3.8, 4) is 11.5 Å². The predicted molar refractivity (Wildman–Crippen MR) is 117 cm³/mol. The van der Waals surface area contributed by atoms with Gasteiger partial charge < -0.3 is 14.8 Å². The van der Waals surface area contributed by atoms with Crippen molar-refractivity contribution in [2.75, 3.05) is 27.3 Å². The first-order chi connectivity index (χ1) is 14.7. The molecule has 6 heteroatoms. The van der Waals surface area contributed by atoms with E-state index in [1.807, 2.05) is 66.7 Å². The summed E-state index contributed by atoms with van der Waals surface area (Å²) < 4.78 is 10.6. The van der Waals surface area contributed by atoms with Gasteiger partial charge in [0.2, 0.25) is 5.91 Å². The highest BCUT2D eigenvalue weighted by Gasteiger charge is 2.16. The van der Waals surface area contributed by atoms with Crippen LogP contribution in [0.2, 0.25) is 0 Å². The monoisotopic (exact) mass is 405 g/mol. The average Bonchev–Trinajstić information content (AvgIpc) is 2.80. The molecule has 6 nitrogen and oxygen atoms in total. The van der Waals surface area contributed by atoms with Crippen LogP contribution in [0.1, 0.15) is 22.9 Å². The van der Waals surface area contributed by atoms with Crippen LogP contribution in [-0.4, -0.2) is 38.2 Å². The summed E-state index contributed by atoms with van der Waals surface area (Å²) in [4.78, 5) is 16.8. The fourth-order valence-corrected chi connectivity index (χ4v) is 3.23.